The van der Waals surface area contributed by atoms with Crippen LogP contribution in [0.15, 0.2) is 0 Å². The van der Waals surface area contributed by atoms with Gasteiger partial charge < -0.3 is 15.3 Å². The van der Waals surface area contributed by atoms with Gasteiger partial charge in [-0.3, -0.25) is 0 Å². The van der Waals surface area contributed by atoms with Crippen molar-refractivity contribution in [3.8, 4) is 0 Å². The molecule has 0 heterocycles. The van der Waals surface area contributed by atoms with Crippen molar-refractivity contribution >= 4 is 6.03 Å². The molecule has 110 valence electrons. The molecule has 2 N–H and O–H groups in total. The summed E-state index contributed by atoms with van der Waals surface area (Å²) in [7, 11) is 0. The largest absolute Gasteiger partial charge is 0.395 e. The van der Waals surface area contributed by atoms with E-state index in [4.69, 9.17) is 5.11 Å². The maximum Gasteiger partial charge on any atom is 0.317 e. The van der Waals surface area contributed by atoms with Crippen molar-refractivity contribution in [1.82, 2.24) is 10.2 Å². The Bertz CT molecular complexity index is 303. The number of carbonyl (C=O) groups excluding carboxylic acids is 1. The fourth-order valence-corrected chi connectivity index (χ4v) is 2.94. The topological polar surface area (TPSA) is 52.6 Å². The predicted molar refractivity (Wildman–Crippen MR) is 76.0 cm³/mol. The lowest BCUT2D eigenvalue weighted by atomic mass is 9.73. The number of urea groups is 1. The van der Waals surface area contributed by atoms with Crippen LogP contribution in [-0.4, -0.2) is 41.8 Å². The summed E-state index contributed by atoms with van der Waals surface area (Å²) in [5.74, 6) is 0.632. The van der Waals surface area contributed by atoms with Crippen LogP contribution in [0.25, 0.3) is 0 Å². The molecule has 0 aromatic rings. The third-order valence-electron chi connectivity index (χ3n) is 4.59. The molecule has 0 atom stereocenters. The van der Waals surface area contributed by atoms with E-state index >= 15 is 0 Å². The van der Waals surface area contributed by atoms with Gasteiger partial charge in [0.05, 0.1) is 6.61 Å². The van der Waals surface area contributed by atoms with Gasteiger partial charge in [-0.15, -0.1) is 0 Å². The SMILES string of the molecule is CC1(C)CCC(CNC(=O)N(CCO)C2CC2)CC1. The number of rotatable bonds is 5. The molecule has 2 aliphatic rings. The van der Waals surface area contributed by atoms with E-state index in [1.807, 2.05) is 0 Å². The maximum atomic E-state index is 12.1. The van der Waals surface area contributed by atoms with Gasteiger partial charge in [-0.25, -0.2) is 4.79 Å². The molecule has 2 amide bonds. The minimum atomic E-state index is 0.0152. The van der Waals surface area contributed by atoms with E-state index in [0.29, 0.717) is 23.9 Å². The average Bonchev–Trinajstić information content (AvgIpc) is 3.18. The van der Waals surface area contributed by atoms with Crippen LogP contribution in [0.3, 0.4) is 0 Å². The Morgan fingerprint density at radius 3 is 2.42 bits per heavy atom. The Balaban J connectivity index is 1.71. The Hall–Kier alpha value is -0.770. The maximum absolute atomic E-state index is 12.1. The number of aliphatic hydroxyl groups is 1. The molecule has 0 saturated heterocycles. The van der Waals surface area contributed by atoms with Crippen LogP contribution >= 0.6 is 0 Å². The molecule has 2 rings (SSSR count). The molecule has 0 radical (unpaired) electrons. The van der Waals surface area contributed by atoms with Gasteiger partial charge in [0.25, 0.3) is 0 Å². The number of aliphatic hydroxyl groups excluding tert-OH is 1. The fourth-order valence-electron chi connectivity index (χ4n) is 2.94. The van der Waals surface area contributed by atoms with Gasteiger partial charge in [-0.05, 0) is 49.9 Å². The van der Waals surface area contributed by atoms with Crippen LogP contribution in [-0.2, 0) is 0 Å². The second-order valence-electron chi connectivity index (χ2n) is 6.94. The number of hydrogen-bond acceptors (Lipinski definition) is 2. The van der Waals surface area contributed by atoms with Gasteiger partial charge in [0.1, 0.15) is 0 Å². The Kier molecular flexibility index (Phi) is 4.71. The van der Waals surface area contributed by atoms with Crippen LogP contribution < -0.4 is 5.32 Å². The number of amides is 2. The van der Waals surface area contributed by atoms with Gasteiger partial charge >= 0.3 is 6.03 Å². The third-order valence-corrected chi connectivity index (χ3v) is 4.59. The van der Waals surface area contributed by atoms with E-state index < -0.39 is 0 Å². The summed E-state index contributed by atoms with van der Waals surface area (Å²) in [5, 5.41) is 12.1. The molecule has 0 aliphatic heterocycles. The zero-order valence-corrected chi connectivity index (χ0v) is 12.3. The smallest absolute Gasteiger partial charge is 0.317 e. The van der Waals surface area contributed by atoms with Gasteiger partial charge in [0.15, 0.2) is 0 Å². The van der Waals surface area contributed by atoms with Crippen molar-refractivity contribution in [3.63, 3.8) is 0 Å². The Morgan fingerprint density at radius 1 is 1.26 bits per heavy atom. The molecule has 19 heavy (non-hydrogen) atoms. The first kappa shape index (κ1) is 14.6. The zero-order chi connectivity index (χ0) is 13.9. The highest BCUT2D eigenvalue weighted by Crippen LogP contribution is 2.37. The number of hydrogen-bond donors (Lipinski definition) is 2. The first-order valence-corrected chi connectivity index (χ1v) is 7.67. The lowest BCUT2D eigenvalue weighted by molar-refractivity contribution is 0.163. The Labute approximate surface area is 116 Å². The van der Waals surface area contributed by atoms with Crippen molar-refractivity contribution in [1.29, 1.82) is 0 Å². The van der Waals surface area contributed by atoms with Crippen LogP contribution in [0.2, 0.25) is 0 Å². The van der Waals surface area contributed by atoms with Crippen molar-refractivity contribution in [2.45, 2.75) is 58.4 Å². The molecule has 2 saturated carbocycles. The summed E-state index contributed by atoms with van der Waals surface area (Å²) >= 11 is 0. The minimum Gasteiger partial charge on any atom is -0.395 e. The molecular formula is C15H28N2O2. The van der Waals surface area contributed by atoms with Crippen molar-refractivity contribution < 1.29 is 9.90 Å². The monoisotopic (exact) mass is 268 g/mol. The zero-order valence-electron chi connectivity index (χ0n) is 12.3. The molecule has 0 bridgehead atoms. The lowest BCUT2D eigenvalue weighted by Crippen LogP contribution is -2.44. The summed E-state index contributed by atoms with van der Waals surface area (Å²) in [6.07, 6.45) is 7.14. The molecule has 0 unspecified atom stereocenters. The van der Waals surface area contributed by atoms with Gasteiger partial charge in [0.2, 0.25) is 0 Å². The highest BCUT2D eigenvalue weighted by molar-refractivity contribution is 5.74. The standard InChI is InChI=1S/C15H28N2O2/c1-15(2)7-5-12(6-8-15)11-16-14(19)17(9-10-18)13-3-4-13/h12-13,18H,3-11H2,1-2H3,(H,16,19). The van der Waals surface area contributed by atoms with Gasteiger partial charge in [0, 0.05) is 19.1 Å². The van der Waals surface area contributed by atoms with Crippen molar-refractivity contribution in [3.05, 3.63) is 0 Å². The van der Waals surface area contributed by atoms with E-state index in [-0.39, 0.29) is 12.6 Å². The van der Waals surface area contributed by atoms with E-state index in [9.17, 15) is 4.79 Å². The second kappa shape index (κ2) is 6.12. The highest BCUT2D eigenvalue weighted by Gasteiger charge is 2.32. The summed E-state index contributed by atoms with van der Waals surface area (Å²) in [6.45, 7) is 5.98. The van der Waals surface area contributed by atoms with Crippen molar-refractivity contribution in [2.75, 3.05) is 19.7 Å². The van der Waals surface area contributed by atoms with Gasteiger partial charge in [-0.2, -0.15) is 0 Å². The predicted octanol–water partition coefficient (Wildman–Crippen LogP) is 2.37. The molecule has 0 spiro atoms. The molecule has 2 aliphatic carbocycles. The Morgan fingerprint density at radius 2 is 1.89 bits per heavy atom. The average molecular weight is 268 g/mol. The van der Waals surface area contributed by atoms with E-state index in [2.05, 4.69) is 19.2 Å². The molecule has 2 fully saturated rings. The quantitative estimate of drug-likeness (QED) is 0.804. The van der Waals surface area contributed by atoms with E-state index in [0.717, 1.165) is 19.4 Å². The van der Waals surface area contributed by atoms with Crippen LogP contribution in [0, 0.1) is 11.3 Å². The normalized spacial score (nSPS) is 23.1. The fraction of sp³-hybridized carbons (Fsp3) is 0.933. The molecular weight excluding hydrogens is 240 g/mol. The van der Waals surface area contributed by atoms with Crippen LogP contribution in [0.5, 0.6) is 0 Å². The lowest BCUT2D eigenvalue weighted by Gasteiger charge is -2.34. The second-order valence-corrected chi connectivity index (χ2v) is 6.94. The summed E-state index contributed by atoms with van der Waals surface area (Å²) in [6, 6.07) is 0.388. The minimum absolute atomic E-state index is 0.0152. The molecule has 4 heteroatoms. The van der Waals surface area contributed by atoms with Gasteiger partial charge in [-0.1, -0.05) is 13.8 Å². The molecule has 0 aromatic heterocycles. The van der Waals surface area contributed by atoms with E-state index in [1.54, 1.807) is 4.90 Å². The summed E-state index contributed by atoms with van der Waals surface area (Å²) in [4.78, 5) is 13.9. The van der Waals surface area contributed by atoms with Crippen molar-refractivity contribution in [2.24, 2.45) is 11.3 Å². The molecule has 0 aromatic carbocycles. The number of nitrogens with one attached hydrogen (secondary N) is 1. The summed E-state index contributed by atoms with van der Waals surface area (Å²) < 4.78 is 0. The number of nitrogens with zero attached hydrogens (tertiary/aromatic N) is 1. The first-order valence-electron chi connectivity index (χ1n) is 7.67. The van der Waals surface area contributed by atoms with Crippen LogP contribution in [0.1, 0.15) is 52.4 Å². The third kappa shape index (κ3) is 4.37. The van der Waals surface area contributed by atoms with E-state index in [1.165, 1.54) is 25.7 Å². The number of carbonyl (C=O) groups is 1. The van der Waals surface area contributed by atoms with Crippen LogP contribution in [0.4, 0.5) is 4.79 Å². The summed E-state index contributed by atoms with van der Waals surface area (Å²) in [5.41, 5.74) is 0.484. The first-order chi connectivity index (χ1) is 9.02. The molecule has 4 nitrogen and oxygen atoms in total. The highest BCUT2D eigenvalue weighted by atomic mass is 16.3.